The molecule has 0 aliphatic rings. The van der Waals surface area contributed by atoms with E-state index in [1.807, 2.05) is 6.07 Å². The number of benzene rings is 2. The highest BCUT2D eigenvalue weighted by molar-refractivity contribution is 5.63. The summed E-state index contributed by atoms with van der Waals surface area (Å²) in [7, 11) is 0. The predicted molar refractivity (Wildman–Crippen MR) is 104 cm³/mol. The lowest BCUT2D eigenvalue weighted by atomic mass is 10.1. The molecule has 0 atom stereocenters. The lowest BCUT2D eigenvalue weighted by Gasteiger charge is -2.14. The van der Waals surface area contributed by atoms with Crippen LogP contribution in [0.25, 0.3) is 0 Å². The van der Waals surface area contributed by atoms with Gasteiger partial charge in [-0.2, -0.15) is 4.98 Å². The lowest BCUT2D eigenvalue weighted by Crippen LogP contribution is -2.06. The molecule has 2 aromatic carbocycles. The molecule has 4 heteroatoms. The fourth-order valence-corrected chi connectivity index (χ4v) is 2.83. The van der Waals surface area contributed by atoms with E-state index < -0.39 is 0 Å². The Labute approximate surface area is 149 Å². The summed E-state index contributed by atoms with van der Waals surface area (Å²) in [5.74, 6) is 1.42. The maximum absolute atomic E-state index is 4.60. The number of para-hydroxylation sites is 1. The Morgan fingerprint density at radius 2 is 1.64 bits per heavy atom. The minimum absolute atomic E-state index is 0.610. The second-order valence-electron chi connectivity index (χ2n) is 6.13. The van der Waals surface area contributed by atoms with Crippen LogP contribution in [-0.4, -0.2) is 9.97 Å². The van der Waals surface area contributed by atoms with Crippen LogP contribution in [0.2, 0.25) is 0 Å². The molecule has 25 heavy (non-hydrogen) atoms. The summed E-state index contributed by atoms with van der Waals surface area (Å²) in [6.07, 6.45) is 2.74. The van der Waals surface area contributed by atoms with E-state index in [4.69, 9.17) is 0 Å². The molecule has 0 spiro atoms. The molecule has 4 nitrogen and oxygen atoms in total. The third-order valence-electron chi connectivity index (χ3n) is 4.35. The summed E-state index contributed by atoms with van der Waals surface area (Å²) in [4.78, 5) is 8.96. The standard InChI is InChI=1S/C21H24N4/c1-4-17-11-7-9-16(3)20(17)25-21-22-13-12-19(24-21)23-14-18-10-6-5-8-15(18)2/h5-13H,4,14H2,1-3H3,(H2,22,23,24,25). The second kappa shape index (κ2) is 7.79. The van der Waals surface area contributed by atoms with Crippen LogP contribution in [0.15, 0.2) is 54.7 Å². The molecule has 0 aliphatic heterocycles. The van der Waals surface area contributed by atoms with Gasteiger partial charge in [0.05, 0.1) is 0 Å². The van der Waals surface area contributed by atoms with Gasteiger partial charge in [-0.05, 0) is 48.6 Å². The van der Waals surface area contributed by atoms with Crippen LogP contribution in [0.5, 0.6) is 0 Å². The number of rotatable bonds is 6. The van der Waals surface area contributed by atoms with Gasteiger partial charge in [-0.1, -0.05) is 49.4 Å². The van der Waals surface area contributed by atoms with Gasteiger partial charge in [-0.25, -0.2) is 4.98 Å². The molecule has 128 valence electrons. The molecular formula is C21H24N4. The summed E-state index contributed by atoms with van der Waals surface area (Å²) in [5.41, 5.74) is 6.10. The highest BCUT2D eigenvalue weighted by atomic mass is 15.1. The number of hydrogen-bond acceptors (Lipinski definition) is 4. The molecule has 0 amide bonds. The summed E-state index contributed by atoms with van der Waals surface area (Å²) < 4.78 is 0. The van der Waals surface area contributed by atoms with E-state index in [0.29, 0.717) is 5.95 Å². The van der Waals surface area contributed by atoms with Gasteiger partial charge in [0, 0.05) is 18.4 Å². The summed E-state index contributed by atoms with van der Waals surface area (Å²) in [6, 6.07) is 16.6. The van der Waals surface area contributed by atoms with Crippen molar-refractivity contribution >= 4 is 17.5 Å². The number of anilines is 3. The van der Waals surface area contributed by atoms with Crippen molar-refractivity contribution in [1.29, 1.82) is 0 Å². The van der Waals surface area contributed by atoms with Gasteiger partial charge >= 0.3 is 0 Å². The molecule has 2 N–H and O–H groups in total. The van der Waals surface area contributed by atoms with Crippen molar-refractivity contribution in [2.24, 2.45) is 0 Å². The van der Waals surface area contributed by atoms with Crippen molar-refractivity contribution in [2.75, 3.05) is 10.6 Å². The average molecular weight is 332 g/mol. The molecule has 0 saturated carbocycles. The second-order valence-corrected chi connectivity index (χ2v) is 6.13. The molecule has 0 radical (unpaired) electrons. The van der Waals surface area contributed by atoms with E-state index in [-0.39, 0.29) is 0 Å². The Morgan fingerprint density at radius 1 is 0.880 bits per heavy atom. The molecular weight excluding hydrogens is 308 g/mol. The Hall–Kier alpha value is -2.88. The van der Waals surface area contributed by atoms with E-state index in [0.717, 1.165) is 24.5 Å². The largest absolute Gasteiger partial charge is 0.366 e. The summed E-state index contributed by atoms with van der Waals surface area (Å²) in [6.45, 7) is 7.12. The Balaban J connectivity index is 1.75. The number of aryl methyl sites for hydroxylation is 3. The van der Waals surface area contributed by atoms with Crippen molar-refractivity contribution in [3.8, 4) is 0 Å². The first-order chi connectivity index (χ1) is 12.2. The third-order valence-corrected chi connectivity index (χ3v) is 4.35. The molecule has 3 aromatic rings. The average Bonchev–Trinajstić information content (AvgIpc) is 2.63. The molecule has 0 fully saturated rings. The van der Waals surface area contributed by atoms with Crippen molar-refractivity contribution < 1.29 is 0 Å². The molecule has 0 bridgehead atoms. The molecule has 0 aliphatic carbocycles. The van der Waals surface area contributed by atoms with Crippen molar-refractivity contribution in [3.05, 3.63) is 77.0 Å². The van der Waals surface area contributed by atoms with Crippen LogP contribution in [-0.2, 0) is 13.0 Å². The van der Waals surface area contributed by atoms with E-state index in [1.54, 1.807) is 6.20 Å². The van der Waals surface area contributed by atoms with Gasteiger partial charge in [0.15, 0.2) is 0 Å². The molecule has 0 saturated heterocycles. The van der Waals surface area contributed by atoms with E-state index in [2.05, 4.69) is 83.8 Å². The van der Waals surface area contributed by atoms with Crippen LogP contribution in [0.3, 0.4) is 0 Å². The van der Waals surface area contributed by atoms with Crippen LogP contribution < -0.4 is 10.6 Å². The highest BCUT2D eigenvalue weighted by Crippen LogP contribution is 2.24. The van der Waals surface area contributed by atoms with Crippen LogP contribution in [0.4, 0.5) is 17.5 Å². The quantitative estimate of drug-likeness (QED) is 0.666. The van der Waals surface area contributed by atoms with Crippen LogP contribution >= 0.6 is 0 Å². The summed E-state index contributed by atoms with van der Waals surface area (Å²) in [5, 5.41) is 6.76. The van der Waals surface area contributed by atoms with Gasteiger partial charge < -0.3 is 10.6 Å². The Bertz CT molecular complexity index is 858. The van der Waals surface area contributed by atoms with Gasteiger partial charge in [-0.15, -0.1) is 0 Å². The smallest absolute Gasteiger partial charge is 0.229 e. The van der Waals surface area contributed by atoms with Gasteiger partial charge in [0.25, 0.3) is 0 Å². The van der Waals surface area contributed by atoms with E-state index in [9.17, 15) is 0 Å². The van der Waals surface area contributed by atoms with Crippen LogP contribution in [0.1, 0.15) is 29.2 Å². The van der Waals surface area contributed by atoms with E-state index >= 15 is 0 Å². The SMILES string of the molecule is CCc1cccc(C)c1Nc1nccc(NCc2ccccc2C)n1. The van der Waals surface area contributed by atoms with Crippen molar-refractivity contribution in [2.45, 2.75) is 33.7 Å². The lowest BCUT2D eigenvalue weighted by molar-refractivity contribution is 1.06. The van der Waals surface area contributed by atoms with Gasteiger partial charge in [0.1, 0.15) is 5.82 Å². The van der Waals surface area contributed by atoms with Gasteiger partial charge in [0.2, 0.25) is 5.95 Å². The molecule has 3 rings (SSSR count). The van der Waals surface area contributed by atoms with E-state index in [1.165, 1.54) is 22.3 Å². The maximum atomic E-state index is 4.60. The fourth-order valence-electron chi connectivity index (χ4n) is 2.83. The monoisotopic (exact) mass is 332 g/mol. The predicted octanol–water partition coefficient (Wildman–Crippen LogP) is 5.01. The Kier molecular flexibility index (Phi) is 5.29. The zero-order valence-corrected chi connectivity index (χ0v) is 15.0. The summed E-state index contributed by atoms with van der Waals surface area (Å²) >= 11 is 0. The van der Waals surface area contributed by atoms with Gasteiger partial charge in [-0.3, -0.25) is 0 Å². The first kappa shape index (κ1) is 17.0. The highest BCUT2D eigenvalue weighted by Gasteiger charge is 2.07. The topological polar surface area (TPSA) is 49.8 Å². The molecule has 1 heterocycles. The normalized spacial score (nSPS) is 10.5. The number of aromatic nitrogens is 2. The zero-order chi connectivity index (χ0) is 17.6. The molecule has 1 aromatic heterocycles. The minimum Gasteiger partial charge on any atom is -0.366 e. The Morgan fingerprint density at radius 3 is 2.44 bits per heavy atom. The first-order valence-electron chi connectivity index (χ1n) is 8.64. The van der Waals surface area contributed by atoms with Crippen molar-refractivity contribution in [1.82, 2.24) is 9.97 Å². The maximum Gasteiger partial charge on any atom is 0.229 e. The number of nitrogens with zero attached hydrogens (tertiary/aromatic N) is 2. The first-order valence-corrected chi connectivity index (χ1v) is 8.64. The minimum atomic E-state index is 0.610. The zero-order valence-electron chi connectivity index (χ0n) is 15.0. The fraction of sp³-hybridized carbons (Fsp3) is 0.238. The third kappa shape index (κ3) is 4.15. The molecule has 0 unspecified atom stereocenters. The van der Waals surface area contributed by atoms with Crippen LogP contribution in [0, 0.1) is 13.8 Å². The number of nitrogens with one attached hydrogen (secondary N) is 2. The van der Waals surface area contributed by atoms with Crippen molar-refractivity contribution in [3.63, 3.8) is 0 Å². The number of hydrogen-bond donors (Lipinski definition) is 2.